The first-order valence-electron chi connectivity index (χ1n) is 19.7. The molecule has 280 valence electrons. The number of hydrogen-bond acceptors (Lipinski definition) is 8. The fourth-order valence-electron chi connectivity index (χ4n) is 6.53. The SMILES string of the molecule is CCCCCCCCCCCCCCCCCCC(=O)O[C@@H](CO)COC(=O)C/C=C\C[C@H]1[C@@H](/C=C/[C@H](O)CCCCC)[C@H](O)C[C@@H]1O. The molecule has 0 bridgehead atoms. The molecule has 0 aromatic rings. The number of rotatable bonds is 31. The first-order valence-corrected chi connectivity index (χ1v) is 19.7. The van der Waals surface area contributed by atoms with E-state index in [9.17, 15) is 30.0 Å². The van der Waals surface area contributed by atoms with Crippen LogP contribution < -0.4 is 0 Å². The van der Waals surface area contributed by atoms with Crippen LogP contribution in [0, 0.1) is 11.8 Å². The van der Waals surface area contributed by atoms with E-state index in [2.05, 4.69) is 13.8 Å². The van der Waals surface area contributed by atoms with Crippen molar-refractivity contribution in [2.24, 2.45) is 11.8 Å². The highest BCUT2D eigenvalue weighted by atomic mass is 16.6. The van der Waals surface area contributed by atoms with Crippen molar-refractivity contribution in [1.82, 2.24) is 0 Å². The van der Waals surface area contributed by atoms with Gasteiger partial charge in [-0.05, 0) is 25.2 Å². The van der Waals surface area contributed by atoms with Gasteiger partial charge in [-0.15, -0.1) is 0 Å². The summed E-state index contributed by atoms with van der Waals surface area (Å²) in [4.78, 5) is 24.4. The van der Waals surface area contributed by atoms with Crippen LogP contribution in [0.25, 0.3) is 0 Å². The van der Waals surface area contributed by atoms with E-state index >= 15 is 0 Å². The lowest BCUT2D eigenvalue weighted by molar-refractivity contribution is -0.161. The number of carbonyl (C=O) groups is 2. The second kappa shape index (κ2) is 30.1. The van der Waals surface area contributed by atoms with Gasteiger partial charge in [0, 0.05) is 18.8 Å². The predicted molar refractivity (Wildman–Crippen MR) is 193 cm³/mol. The first kappa shape index (κ1) is 44.3. The van der Waals surface area contributed by atoms with Crippen molar-refractivity contribution in [1.29, 1.82) is 0 Å². The Balaban J connectivity index is 2.13. The van der Waals surface area contributed by atoms with E-state index in [4.69, 9.17) is 9.47 Å². The topological polar surface area (TPSA) is 134 Å². The summed E-state index contributed by atoms with van der Waals surface area (Å²) in [5.74, 6) is -1.36. The third-order valence-electron chi connectivity index (χ3n) is 9.60. The molecule has 0 aromatic heterocycles. The summed E-state index contributed by atoms with van der Waals surface area (Å²) in [7, 11) is 0. The van der Waals surface area contributed by atoms with E-state index in [1.54, 1.807) is 18.2 Å². The zero-order valence-electron chi connectivity index (χ0n) is 30.6. The molecule has 0 unspecified atom stereocenters. The van der Waals surface area contributed by atoms with Crippen molar-refractivity contribution in [2.45, 2.75) is 192 Å². The maximum atomic E-state index is 12.2. The van der Waals surface area contributed by atoms with Gasteiger partial charge in [0.25, 0.3) is 0 Å². The maximum Gasteiger partial charge on any atom is 0.309 e. The van der Waals surface area contributed by atoms with Crippen LogP contribution in [0.4, 0.5) is 0 Å². The summed E-state index contributed by atoms with van der Waals surface area (Å²) in [6.07, 6.45) is 29.3. The monoisotopic (exact) mass is 681 g/mol. The van der Waals surface area contributed by atoms with E-state index in [-0.39, 0.29) is 37.3 Å². The molecular weight excluding hydrogens is 608 g/mol. The number of esters is 2. The molecule has 8 nitrogen and oxygen atoms in total. The van der Waals surface area contributed by atoms with E-state index < -0.39 is 37.0 Å². The van der Waals surface area contributed by atoms with Crippen LogP contribution in [0.1, 0.15) is 168 Å². The second-order valence-corrected chi connectivity index (χ2v) is 14.0. The molecule has 1 aliphatic rings. The molecule has 1 rings (SSSR count). The Labute approximate surface area is 292 Å². The summed E-state index contributed by atoms with van der Waals surface area (Å²) >= 11 is 0. The zero-order chi connectivity index (χ0) is 35.2. The Morgan fingerprint density at radius 2 is 1.27 bits per heavy atom. The summed E-state index contributed by atoms with van der Waals surface area (Å²) in [5.41, 5.74) is 0. The van der Waals surface area contributed by atoms with Crippen LogP contribution >= 0.6 is 0 Å². The molecule has 8 heteroatoms. The number of ether oxygens (including phenoxy) is 2. The number of carbonyl (C=O) groups excluding carboxylic acids is 2. The van der Waals surface area contributed by atoms with Gasteiger partial charge in [0.1, 0.15) is 6.61 Å². The molecule has 0 amide bonds. The van der Waals surface area contributed by atoms with Gasteiger partial charge in [-0.3, -0.25) is 9.59 Å². The number of hydrogen-bond donors (Lipinski definition) is 4. The third kappa shape index (κ3) is 22.8. The van der Waals surface area contributed by atoms with Crippen molar-refractivity contribution in [3.05, 3.63) is 24.3 Å². The van der Waals surface area contributed by atoms with Gasteiger partial charge in [0.05, 0.1) is 31.3 Å². The lowest BCUT2D eigenvalue weighted by Crippen LogP contribution is -2.28. The van der Waals surface area contributed by atoms with Crippen LogP contribution in [0.5, 0.6) is 0 Å². The molecule has 1 saturated carbocycles. The lowest BCUT2D eigenvalue weighted by Gasteiger charge is -2.19. The maximum absolute atomic E-state index is 12.2. The quantitative estimate of drug-likeness (QED) is 0.0327. The van der Waals surface area contributed by atoms with E-state index in [0.29, 0.717) is 19.3 Å². The van der Waals surface area contributed by atoms with Gasteiger partial charge in [0.15, 0.2) is 6.10 Å². The number of aliphatic hydroxyl groups excluding tert-OH is 4. The average molecular weight is 681 g/mol. The minimum atomic E-state index is -0.883. The smallest absolute Gasteiger partial charge is 0.309 e. The Bertz CT molecular complexity index is 843. The summed E-state index contributed by atoms with van der Waals surface area (Å²) in [5, 5.41) is 40.6. The molecule has 0 heterocycles. The average Bonchev–Trinajstić information content (AvgIpc) is 3.34. The highest BCUT2D eigenvalue weighted by Crippen LogP contribution is 2.36. The minimum absolute atomic E-state index is 0.00725. The number of allylic oxidation sites excluding steroid dienone is 1. The fourth-order valence-corrected chi connectivity index (χ4v) is 6.53. The first-order chi connectivity index (χ1) is 23.3. The Morgan fingerprint density at radius 1 is 0.729 bits per heavy atom. The molecule has 48 heavy (non-hydrogen) atoms. The Morgan fingerprint density at radius 3 is 1.83 bits per heavy atom. The molecule has 1 aliphatic carbocycles. The molecule has 1 fully saturated rings. The molecule has 0 aromatic carbocycles. The van der Waals surface area contributed by atoms with Crippen molar-refractivity contribution in [2.75, 3.05) is 13.2 Å². The van der Waals surface area contributed by atoms with Gasteiger partial charge in [-0.2, -0.15) is 0 Å². The molecule has 4 N–H and O–H groups in total. The normalized spacial score (nSPS) is 20.9. The molecular formula is C40H72O8. The zero-order valence-corrected chi connectivity index (χ0v) is 30.6. The molecule has 0 spiro atoms. The van der Waals surface area contributed by atoms with Crippen LogP contribution in [0.3, 0.4) is 0 Å². The van der Waals surface area contributed by atoms with Crippen molar-refractivity contribution < 1.29 is 39.5 Å². The van der Waals surface area contributed by atoms with Gasteiger partial charge < -0.3 is 29.9 Å². The fraction of sp³-hybridized carbons (Fsp3) is 0.850. The van der Waals surface area contributed by atoms with Gasteiger partial charge in [-0.25, -0.2) is 0 Å². The predicted octanol–water partition coefficient (Wildman–Crippen LogP) is 8.28. The van der Waals surface area contributed by atoms with Crippen molar-refractivity contribution in [3.63, 3.8) is 0 Å². The second-order valence-electron chi connectivity index (χ2n) is 14.0. The molecule has 6 atom stereocenters. The molecule has 0 aliphatic heterocycles. The third-order valence-corrected chi connectivity index (χ3v) is 9.60. The standard InChI is InChI=1S/C40H72O8/c1-3-5-7-8-9-10-11-12-13-14-15-16-17-18-19-21-27-40(46)48-34(31-41)32-47-39(45)26-23-22-25-35-36(38(44)30-37(35)43)29-28-33(42)24-20-6-4-2/h22-23,28-29,33-38,41-44H,3-21,24-27,30-32H2,1-2H3/b23-22-,29-28+/t33-,34+,35+,36-,37+,38-/m1/s1. The van der Waals surface area contributed by atoms with E-state index in [0.717, 1.165) is 38.5 Å². The highest BCUT2D eigenvalue weighted by Gasteiger charge is 2.39. The van der Waals surface area contributed by atoms with Gasteiger partial charge in [0.2, 0.25) is 0 Å². The number of aliphatic hydroxyl groups is 4. The summed E-state index contributed by atoms with van der Waals surface area (Å²) in [6.45, 7) is 3.76. The minimum Gasteiger partial charge on any atom is -0.461 e. The van der Waals surface area contributed by atoms with Crippen molar-refractivity contribution >= 4 is 11.9 Å². The van der Waals surface area contributed by atoms with Crippen LogP contribution in [-0.2, 0) is 19.1 Å². The van der Waals surface area contributed by atoms with Gasteiger partial charge >= 0.3 is 11.9 Å². The lowest BCUT2D eigenvalue weighted by atomic mass is 9.89. The van der Waals surface area contributed by atoms with E-state index in [1.807, 2.05) is 6.08 Å². The summed E-state index contributed by atoms with van der Waals surface area (Å²) < 4.78 is 10.5. The van der Waals surface area contributed by atoms with Crippen LogP contribution in [-0.4, -0.2) is 70.0 Å². The van der Waals surface area contributed by atoms with Crippen molar-refractivity contribution in [3.8, 4) is 0 Å². The summed E-state index contributed by atoms with van der Waals surface area (Å²) in [6, 6.07) is 0. The highest BCUT2D eigenvalue weighted by molar-refractivity contribution is 5.71. The Kier molecular flexibility index (Phi) is 27.8. The van der Waals surface area contributed by atoms with Gasteiger partial charge in [-0.1, -0.05) is 154 Å². The molecule has 0 saturated heterocycles. The molecule has 0 radical (unpaired) electrons. The van der Waals surface area contributed by atoms with E-state index in [1.165, 1.54) is 83.5 Å². The van der Waals surface area contributed by atoms with Crippen LogP contribution in [0.15, 0.2) is 24.3 Å². The Hall–Kier alpha value is -1.74. The van der Waals surface area contributed by atoms with Crippen LogP contribution in [0.2, 0.25) is 0 Å². The largest absolute Gasteiger partial charge is 0.461 e. The number of unbranched alkanes of at least 4 members (excludes halogenated alkanes) is 17.